The van der Waals surface area contributed by atoms with Crippen molar-refractivity contribution in [3.05, 3.63) is 28.2 Å². The minimum absolute atomic E-state index is 0.0459. The van der Waals surface area contributed by atoms with E-state index in [-0.39, 0.29) is 12.1 Å². The van der Waals surface area contributed by atoms with Crippen LogP contribution in [0.3, 0.4) is 0 Å². The molecule has 1 aromatic rings. The average Bonchev–Trinajstić information content (AvgIpc) is 2.41. The first-order valence-corrected chi connectivity index (χ1v) is 7.65. The van der Waals surface area contributed by atoms with Gasteiger partial charge in [-0.25, -0.2) is 4.79 Å². The fourth-order valence-electron chi connectivity index (χ4n) is 2.64. The van der Waals surface area contributed by atoms with Gasteiger partial charge in [-0.1, -0.05) is 35.7 Å². The van der Waals surface area contributed by atoms with Crippen molar-refractivity contribution >= 4 is 27.6 Å². The van der Waals surface area contributed by atoms with Crippen LogP contribution in [0.4, 0.5) is 5.69 Å². The van der Waals surface area contributed by atoms with E-state index in [4.69, 9.17) is 10.5 Å². The number of rotatable bonds is 3. The molecule has 2 rings (SSSR count). The van der Waals surface area contributed by atoms with Crippen molar-refractivity contribution in [2.24, 2.45) is 5.92 Å². The van der Waals surface area contributed by atoms with E-state index < -0.39 is 0 Å². The van der Waals surface area contributed by atoms with Crippen LogP contribution in [0.1, 0.15) is 49.4 Å². The van der Waals surface area contributed by atoms with Crippen LogP contribution in [-0.2, 0) is 4.74 Å². The van der Waals surface area contributed by atoms with Gasteiger partial charge in [-0.3, -0.25) is 0 Å². The SMILES string of the molecule is CCC1CCCC(OC(=O)c2cc(Br)ccc2N)C1. The Labute approximate surface area is 122 Å². The second kappa shape index (κ2) is 6.42. The van der Waals surface area contributed by atoms with Gasteiger partial charge in [0.05, 0.1) is 5.56 Å². The van der Waals surface area contributed by atoms with Gasteiger partial charge in [0.15, 0.2) is 0 Å². The molecule has 1 aromatic carbocycles. The molecular weight excluding hydrogens is 306 g/mol. The second-order valence-corrected chi connectivity index (χ2v) is 6.12. The molecule has 1 fully saturated rings. The van der Waals surface area contributed by atoms with Crippen molar-refractivity contribution in [3.63, 3.8) is 0 Å². The van der Waals surface area contributed by atoms with Crippen LogP contribution in [-0.4, -0.2) is 12.1 Å². The molecule has 2 unspecified atom stereocenters. The van der Waals surface area contributed by atoms with Crippen LogP contribution < -0.4 is 5.73 Å². The summed E-state index contributed by atoms with van der Waals surface area (Å²) in [6.45, 7) is 2.20. The van der Waals surface area contributed by atoms with Gasteiger partial charge in [-0.05, 0) is 43.4 Å². The van der Waals surface area contributed by atoms with E-state index in [9.17, 15) is 4.79 Å². The predicted octanol–water partition coefficient (Wildman–Crippen LogP) is 4.16. The van der Waals surface area contributed by atoms with Crippen molar-refractivity contribution in [2.75, 3.05) is 5.73 Å². The number of carbonyl (C=O) groups is 1. The lowest BCUT2D eigenvalue weighted by atomic mass is 9.85. The fourth-order valence-corrected chi connectivity index (χ4v) is 3.00. The van der Waals surface area contributed by atoms with Gasteiger partial charge in [0.1, 0.15) is 6.10 Å². The molecule has 0 aromatic heterocycles. The molecule has 4 heteroatoms. The van der Waals surface area contributed by atoms with Crippen LogP contribution >= 0.6 is 15.9 Å². The van der Waals surface area contributed by atoms with Crippen LogP contribution in [0.25, 0.3) is 0 Å². The Morgan fingerprint density at radius 1 is 1.47 bits per heavy atom. The summed E-state index contributed by atoms with van der Waals surface area (Å²) in [7, 11) is 0. The summed E-state index contributed by atoms with van der Waals surface area (Å²) in [5.41, 5.74) is 6.75. The second-order valence-electron chi connectivity index (χ2n) is 5.20. The molecule has 2 atom stereocenters. The molecule has 2 N–H and O–H groups in total. The number of nitrogens with two attached hydrogens (primary N) is 1. The largest absolute Gasteiger partial charge is 0.459 e. The first-order chi connectivity index (χ1) is 9.10. The molecule has 0 saturated heterocycles. The normalized spacial score (nSPS) is 23.1. The number of carbonyl (C=O) groups excluding carboxylic acids is 1. The lowest BCUT2D eigenvalue weighted by Gasteiger charge is -2.28. The predicted molar refractivity (Wildman–Crippen MR) is 80.0 cm³/mol. The molecule has 1 saturated carbocycles. The van der Waals surface area contributed by atoms with E-state index in [0.29, 0.717) is 17.2 Å². The standard InChI is InChI=1S/C15H20BrNO2/c1-2-10-4-3-5-12(8-10)19-15(18)13-9-11(16)6-7-14(13)17/h6-7,9-10,12H,2-5,8,17H2,1H3. The van der Waals surface area contributed by atoms with Gasteiger partial charge in [-0.15, -0.1) is 0 Å². The summed E-state index contributed by atoms with van der Waals surface area (Å²) in [6.07, 6.45) is 5.55. The molecule has 0 bridgehead atoms. The molecule has 0 aliphatic heterocycles. The Bertz CT molecular complexity index is 461. The van der Waals surface area contributed by atoms with Crippen molar-refractivity contribution in [1.82, 2.24) is 0 Å². The molecule has 1 aliphatic carbocycles. The third-order valence-electron chi connectivity index (χ3n) is 3.82. The van der Waals surface area contributed by atoms with Crippen LogP contribution in [0.2, 0.25) is 0 Å². The monoisotopic (exact) mass is 325 g/mol. The Morgan fingerprint density at radius 2 is 2.26 bits per heavy atom. The number of halogens is 1. The highest BCUT2D eigenvalue weighted by molar-refractivity contribution is 9.10. The van der Waals surface area contributed by atoms with Gasteiger partial charge < -0.3 is 10.5 Å². The van der Waals surface area contributed by atoms with E-state index in [2.05, 4.69) is 22.9 Å². The van der Waals surface area contributed by atoms with E-state index in [1.807, 2.05) is 6.07 Å². The molecule has 0 spiro atoms. The average molecular weight is 326 g/mol. The maximum atomic E-state index is 12.2. The number of anilines is 1. The molecule has 1 aliphatic rings. The highest BCUT2D eigenvalue weighted by Gasteiger charge is 2.24. The minimum atomic E-state index is -0.305. The Balaban J connectivity index is 2.02. The smallest absolute Gasteiger partial charge is 0.340 e. The van der Waals surface area contributed by atoms with Gasteiger partial charge in [0.25, 0.3) is 0 Å². The topological polar surface area (TPSA) is 52.3 Å². The van der Waals surface area contributed by atoms with Gasteiger partial charge in [-0.2, -0.15) is 0 Å². The molecular formula is C15H20BrNO2. The summed E-state index contributed by atoms with van der Waals surface area (Å²) >= 11 is 3.35. The summed E-state index contributed by atoms with van der Waals surface area (Å²) in [5, 5.41) is 0. The summed E-state index contributed by atoms with van der Waals surface area (Å²) in [4.78, 5) is 12.2. The number of hydrogen-bond acceptors (Lipinski definition) is 3. The third kappa shape index (κ3) is 3.72. The molecule has 19 heavy (non-hydrogen) atoms. The maximum absolute atomic E-state index is 12.2. The van der Waals surface area contributed by atoms with Crippen molar-refractivity contribution in [2.45, 2.75) is 45.1 Å². The Morgan fingerprint density at radius 3 is 3.00 bits per heavy atom. The first kappa shape index (κ1) is 14.4. The van der Waals surface area contributed by atoms with E-state index >= 15 is 0 Å². The van der Waals surface area contributed by atoms with Crippen LogP contribution in [0.5, 0.6) is 0 Å². The number of esters is 1. The van der Waals surface area contributed by atoms with E-state index in [1.54, 1.807) is 12.1 Å². The van der Waals surface area contributed by atoms with Gasteiger partial charge in [0.2, 0.25) is 0 Å². The Hall–Kier alpha value is -1.03. The zero-order valence-electron chi connectivity index (χ0n) is 11.2. The lowest BCUT2D eigenvalue weighted by Crippen LogP contribution is -2.25. The number of hydrogen-bond donors (Lipinski definition) is 1. The van der Waals surface area contributed by atoms with E-state index in [1.165, 1.54) is 6.42 Å². The number of benzene rings is 1. The van der Waals surface area contributed by atoms with Crippen molar-refractivity contribution in [3.8, 4) is 0 Å². The molecule has 104 valence electrons. The number of nitrogen functional groups attached to an aromatic ring is 1. The highest BCUT2D eigenvalue weighted by Crippen LogP contribution is 2.29. The zero-order valence-corrected chi connectivity index (χ0v) is 12.8. The highest BCUT2D eigenvalue weighted by atomic mass is 79.9. The third-order valence-corrected chi connectivity index (χ3v) is 4.31. The molecule has 0 radical (unpaired) electrons. The molecule has 0 amide bonds. The van der Waals surface area contributed by atoms with Crippen LogP contribution in [0.15, 0.2) is 22.7 Å². The molecule has 0 heterocycles. The summed E-state index contributed by atoms with van der Waals surface area (Å²) in [5.74, 6) is 0.381. The first-order valence-electron chi connectivity index (χ1n) is 6.86. The van der Waals surface area contributed by atoms with Gasteiger partial charge in [0, 0.05) is 10.2 Å². The van der Waals surface area contributed by atoms with Gasteiger partial charge >= 0.3 is 5.97 Å². The lowest BCUT2D eigenvalue weighted by molar-refractivity contribution is 0.0141. The zero-order chi connectivity index (χ0) is 13.8. The maximum Gasteiger partial charge on any atom is 0.340 e. The number of ether oxygens (including phenoxy) is 1. The molecule has 3 nitrogen and oxygen atoms in total. The quantitative estimate of drug-likeness (QED) is 0.670. The Kier molecular flexibility index (Phi) is 4.86. The summed E-state index contributed by atoms with van der Waals surface area (Å²) < 4.78 is 6.44. The van der Waals surface area contributed by atoms with Crippen molar-refractivity contribution < 1.29 is 9.53 Å². The minimum Gasteiger partial charge on any atom is -0.459 e. The fraction of sp³-hybridized carbons (Fsp3) is 0.533. The van der Waals surface area contributed by atoms with Crippen molar-refractivity contribution in [1.29, 1.82) is 0 Å². The summed E-state index contributed by atoms with van der Waals surface area (Å²) in [6, 6.07) is 5.26. The van der Waals surface area contributed by atoms with Crippen LogP contribution in [0, 0.1) is 5.92 Å². The van der Waals surface area contributed by atoms with E-state index in [0.717, 1.165) is 30.2 Å².